The summed E-state index contributed by atoms with van der Waals surface area (Å²) in [6, 6.07) is 4.30. The highest BCUT2D eigenvalue weighted by Gasteiger charge is 2.22. The molecule has 0 atom stereocenters. The molecule has 0 aliphatic carbocycles. The van der Waals surface area contributed by atoms with Crippen LogP contribution in [0.1, 0.15) is 20.3 Å². The second-order valence-electron chi connectivity index (χ2n) is 5.26. The molecule has 0 aromatic heterocycles. The van der Waals surface area contributed by atoms with E-state index in [1.807, 2.05) is 13.8 Å². The van der Waals surface area contributed by atoms with E-state index in [0.717, 1.165) is 0 Å². The Kier molecular flexibility index (Phi) is 5.82. The van der Waals surface area contributed by atoms with Gasteiger partial charge in [-0.3, -0.25) is 0 Å². The molecule has 0 fully saturated rings. The van der Waals surface area contributed by atoms with Crippen LogP contribution in [-0.4, -0.2) is 33.8 Å². The summed E-state index contributed by atoms with van der Waals surface area (Å²) in [5, 5.41) is 9.17. The van der Waals surface area contributed by atoms with Crippen LogP contribution in [0.15, 0.2) is 23.1 Å². The lowest BCUT2D eigenvalue weighted by atomic mass is 9.90. The third kappa shape index (κ3) is 4.63. The Hall–Kier alpha value is -0.820. The van der Waals surface area contributed by atoms with Crippen LogP contribution >= 0.6 is 11.6 Å². The lowest BCUT2D eigenvalue weighted by Crippen LogP contribution is -2.34. The van der Waals surface area contributed by atoms with Crippen LogP contribution in [0.5, 0.6) is 5.75 Å². The molecule has 7 heteroatoms. The van der Waals surface area contributed by atoms with Gasteiger partial charge in [0.05, 0.1) is 17.0 Å². The fraction of sp³-hybridized carbons (Fsp3) is 0.538. The molecule has 1 aromatic rings. The number of hydrogen-bond acceptors (Lipinski definition) is 4. The largest absolute Gasteiger partial charge is 0.495 e. The van der Waals surface area contributed by atoms with E-state index in [4.69, 9.17) is 21.4 Å². The molecule has 2 N–H and O–H groups in total. The van der Waals surface area contributed by atoms with E-state index < -0.39 is 10.0 Å². The number of benzene rings is 1. The first kappa shape index (κ1) is 17.2. The van der Waals surface area contributed by atoms with E-state index >= 15 is 0 Å². The number of ether oxygens (including phenoxy) is 1. The molecule has 0 bridgehead atoms. The van der Waals surface area contributed by atoms with Crippen molar-refractivity contribution in [1.29, 1.82) is 0 Å². The summed E-state index contributed by atoms with van der Waals surface area (Å²) in [5.41, 5.74) is -0.321. The van der Waals surface area contributed by atoms with Crippen molar-refractivity contribution in [2.45, 2.75) is 25.2 Å². The summed E-state index contributed by atoms with van der Waals surface area (Å²) in [5.74, 6) is 0.422. The van der Waals surface area contributed by atoms with Gasteiger partial charge in [0.1, 0.15) is 5.75 Å². The second-order valence-corrected chi connectivity index (χ2v) is 7.43. The van der Waals surface area contributed by atoms with E-state index in [1.165, 1.54) is 25.3 Å². The van der Waals surface area contributed by atoms with E-state index in [1.54, 1.807) is 0 Å². The average molecular weight is 322 g/mol. The number of sulfonamides is 1. The molecule has 0 saturated heterocycles. The van der Waals surface area contributed by atoms with Crippen LogP contribution in [0.2, 0.25) is 5.02 Å². The summed E-state index contributed by atoms with van der Waals surface area (Å²) in [7, 11) is -2.17. The van der Waals surface area contributed by atoms with Crippen LogP contribution < -0.4 is 9.46 Å². The molecule has 1 aromatic carbocycles. The number of aliphatic hydroxyl groups excluding tert-OH is 1. The van der Waals surface area contributed by atoms with Gasteiger partial charge >= 0.3 is 0 Å². The highest BCUT2D eigenvalue weighted by atomic mass is 35.5. The third-order valence-corrected chi connectivity index (χ3v) is 4.66. The number of rotatable bonds is 7. The zero-order chi connectivity index (χ0) is 15.4. The van der Waals surface area contributed by atoms with Gasteiger partial charge in [-0.1, -0.05) is 25.4 Å². The summed E-state index contributed by atoms with van der Waals surface area (Å²) in [4.78, 5) is 0.0862. The van der Waals surface area contributed by atoms with Crippen LogP contribution in [-0.2, 0) is 10.0 Å². The van der Waals surface area contributed by atoms with Crippen molar-refractivity contribution >= 4 is 21.6 Å². The van der Waals surface area contributed by atoms with E-state index in [2.05, 4.69) is 4.72 Å². The molecule has 20 heavy (non-hydrogen) atoms. The summed E-state index contributed by atoms with van der Waals surface area (Å²) in [6.07, 6.45) is 0.513. The standard InChI is InChI=1S/C13H20ClNO4S/c1-13(2,6-7-16)9-15-20(17,18)10-4-5-12(19-3)11(14)8-10/h4-5,8,15-16H,6-7,9H2,1-3H3. The highest BCUT2D eigenvalue weighted by molar-refractivity contribution is 7.89. The normalized spacial score (nSPS) is 12.4. The maximum absolute atomic E-state index is 12.2. The van der Waals surface area contributed by atoms with Gasteiger partial charge in [-0.2, -0.15) is 0 Å². The monoisotopic (exact) mass is 321 g/mol. The van der Waals surface area contributed by atoms with Crippen molar-refractivity contribution in [3.8, 4) is 5.75 Å². The smallest absolute Gasteiger partial charge is 0.240 e. The Morgan fingerprint density at radius 1 is 1.40 bits per heavy atom. The third-order valence-electron chi connectivity index (χ3n) is 2.96. The number of hydrogen-bond donors (Lipinski definition) is 2. The zero-order valence-electron chi connectivity index (χ0n) is 11.8. The molecule has 0 radical (unpaired) electrons. The van der Waals surface area contributed by atoms with Crippen molar-refractivity contribution in [2.75, 3.05) is 20.3 Å². The molecule has 1 rings (SSSR count). The molecule has 0 aliphatic heterocycles. The first-order valence-electron chi connectivity index (χ1n) is 6.16. The second kappa shape index (κ2) is 6.76. The minimum absolute atomic E-state index is 0.0170. The lowest BCUT2D eigenvalue weighted by Gasteiger charge is -2.23. The molecular formula is C13H20ClNO4S. The van der Waals surface area contributed by atoms with Crippen LogP contribution in [0, 0.1) is 5.41 Å². The minimum atomic E-state index is -3.63. The van der Waals surface area contributed by atoms with Crippen LogP contribution in [0.3, 0.4) is 0 Å². The predicted octanol–water partition coefficient (Wildman–Crippen LogP) is 2.04. The van der Waals surface area contributed by atoms with Crippen molar-refractivity contribution in [3.05, 3.63) is 23.2 Å². The Labute approximate surface area is 125 Å². The Morgan fingerprint density at radius 3 is 2.55 bits per heavy atom. The number of aliphatic hydroxyl groups is 1. The number of methoxy groups -OCH3 is 1. The molecule has 0 unspecified atom stereocenters. The Morgan fingerprint density at radius 2 is 2.05 bits per heavy atom. The predicted molar refractivity (Wildman–Crippen MR) is 78.7 cm³/mol. The van der Waals surface area contributed by atoms with Crippen molar-refractivity contribution < 1.29 is 18.3 Å². The van der Waals surface area contributed by atoms with Gasteiger partial charge in [0.2, 0.25) is 10.0 Å². The molecule has 0 aliphatic rings. The first-order chi connectivity index (χ1) is 9.22. The van der Waals surface area contributed by atoms with Crippen molar-refractivity contribution in [3.63, 3.8) is 0 Å². The number of nitrogens with one attached hydrogen (secondary N) is 1. The maximum Gasteiger partial charge on any atom is 0.240 e. The van der Waals surface area contributed by atoms with Crippen LogP contribution in [0.4, 0.5) is 0 Å². The molecule has 0 heterocycles. The zero-order valence-corrected chi connectivity index (χ0v) is 13.4. The Bertz CT molecular complexity index is 557. The van der Waals surface area contributed by atoms with E-state index in [9.17, 15) is 8.42 Å². The van der Waals surface area contributed by atoms with Gasteiger partial charge in [-0.15, -0.1) is 0 Å². The Balaban J connectivity index is 2.87. The van der Waals surface area contributed by atoms with E-state index in [0.29, 0.717) is 12.2 Å². The SMILES string of the molecule is COc1ccc(S(=O)(=O)NCC(C)(C)CCO)cc1Cl. The fourth-order valence-corrected chi connectivity index (χ4v) is 3.17. The van der Waals surface area contributed by atoms with Crippen LogP contribution in [0.25, 0.3) is 0 Å². The van der Waals surface area contributed by atoms with Gasteiger partial charge in [0, 0.05) is 13.2 Å². The molecular weight excluding hydrogens is 302 g/mol. The fourth-order valence-electron chi connectivity index (χ4n) is 1.58. The highest BCUT2D eigenvalue weighted by Crippen LogP contribution is 2.27. The maximum atomic E-state index is 12.2. The van der Waals surface area contributed by atoms with Gasteiger partial charge < -0.3 is 9.84 Å². The lowest BCUT2D eigenvalue weighted by molar-refractivity contribution is 0.213. The molecule has 0 spiro atoms. The quantitative estimate of drug-likeness (QED) is 0.805. The van der Waals surface area contributed by atoms with Gasteiger partial charge in [0.15, 0.2) is 0 Å². The molecule has 0 saturated carbocycles. The van der Waals surface area contributed by atoms with Crippen molar-refractivity contribution in [1.82, 2.24) is 4.72 Å². The van der Waals surface area contributed by atoms with Gasteiger partial charge in [-0.05, 0) is 30.0 Å². The molecule has 5 nitrogen and oxygen atoms in total. The van der Waals surface area contributed by atoms with Gasteiger partial charge in [-0.25, -0.2) is 13.1 Å². The first-order valence-corrected chi connectivity index (χ1v) is 8.02. The van der Waals surface area contributed by atoms with Crippen molar-refractivity contribution in [2.24, 2.45) is 5.41 Å². The molecule has 114 valence electrons. The summed E-state index contributed by atoms with van der Waals surface area (Å²) < 4.78 is 31.8. The summed E-state index contributed by atoms with van der Waals surface area (Å²) >= 11 is 5.93. The number of halogens is 1. The topological polar surface area (TPSA) is 75.6 Å². The summed E-state index contributed by atoms with van der Waals surface area (Å²) in [6.45, 7) is 4.02. The molecule has 0 amide bonds. The van der Waals surface area contributed by atoms with E-state index in [-0.39, 0.29) is 28.5 Å². The average Bonchev–Trinajstić information content (AvgIpc) is 2.36. The minimum Gasteiger partial charge on any atom is -0.495 e. The van der Waals surface area contributed by atoms with Gasteiger partial charge in [0.25, 0.3) is 0 Å².